The van der Waals surface area contributed by atoms with Gasteiger partial charge < -0.3 is 26.4 Å². The highest BCUT2D eigenvalue weighted by atomic mass is 32.1. The molecule has 0 saturated heterocycles. The summed E-state index contributed by atoms with van der Waals surface area (Å²) in [5.74, 6) is -2.76. The van der Waals surface area contributed by atoms with Gasteiger partial charge in [0.1, 0.15) is 17.5 Å². The third kappa shape index (κ3) is 6.71. The molecule has 0 bridgehead atoms. The van der Waals surface area contributed by atoms with Crippen LogP contribution in [0.4, 0.5) is 17.1 Å². The zero-order chi connectivity index (χ0) is 28.9. The Hall–Kier alpha value is -4.45. The number of amides is 3. The van der Waals surface area contributed by atoms with Crippen LogP contribution >= 0.6 is 11.5 Å². The van der Waals surface area contributed by atoms with Crippen LogP contribution in [0.2, 0.25) is 0 Å². The molecule has 1 atom stereocenters. The molecule has 0 fully saturated rings. The summed E-state index contributed by atoms with van der Waals surface area (Å²) < 4.78 is 8.91. The van der Waals surface area contributed by atoms with Crippen LogP contribution in [0.25, 0.3) is 0 Å². The van der Waals surface area contributed by atoms with Crippen LogP contribution in [-0.4, -0.2) is 55.3 Å². The first-order valence-electron chi connectivity index (χ1n) is 12.1. The normalized spacial score (nSPS) is 11.4. The highest BCUT2D eigenvalue weighted by Crippen LogP contribution is 2.34. The van der Waals surface area contributed by atoms with Crippen molar-refractivity contribution in [1.29, 1.82) is 0 Å². The predicted octanol–water partition coefficient (Wildman–Crippen LogP) is 2.57. The fourth-order valence-corrected chi connectivity index (χ4v) is 4.79. The number of hydrogen-bond donors (Lipinski definition) is 3. The first-order chi connectivity index (χ1) is 18.4. The Kier molecular flexibility index (Phi) is 9.25. The fourth-order valence-electron chi connectivity index (χ4n) is 4.05. The number of benzene rings is 2. The van der Waals surface area contributed by atoms with E-state index in [-0.39, 0.29) is 29.4 Å². The first kappa shape index (κ1) is 29.1. The highest BCUT2D eigenvalue weighted by Gasteiger charge is 2.36. The van der Waals surface area contributed by atoms with E-state index in [2.05, 4.69) is 9.69 Å². The van der Waals surface area contributed by atoms with Gasteiger partial charge in [0.2, 0.25) is 5.91 Å². The number of nitrogen functional groups attached to an aromatic ring is 1. The third-order valence-corrected chi connectivity index (χ3v) is 6.65. The summed E-state index contributed by atoms with van der Waals surface area (Å²) in [6, 6.07) is 11.3. The van der Waals surface area contributed by atoms with Crippen molar-refractivity contribution < 1.29 is 23.9 Å². The lowest BCUT2D eigenvalue weighted by Gasteiger charge is -2.32. The average Bonchev–Trinajstić information content (AvgIpc) is 3.26. The van der Waals surface area contributed by atoms with E-state index in [4.69, 9.17) is 16.2 Å². The molecule has 5 N–H and O–H groups in total. The molecule has 0 saturated carbocycles. The van der Waals surface area contributed by atoms with Crippen molar-refractivity contribution in [3.8, 4) is 0 Å². The molecule has 39 heavy (non-hydrogen) atoms. The van der Waals surface area contributed by atoms with Crippen LogP contribution in [0.3, 0.4) is 0 Å². The van der Waals surface area contributed by atoms with Crippen molar-refractivity contribution in [2.24, 2.45) is 5.73 Å². The van der Waals surface area contributed by atoms with Gasteiger partial charge in [-0.25, -0.2) is 0 Å². The van der Waals surface area contributed by atoms with E-state index in [1.807, 2.05) is 51.0 Å². The number of anilines is 3. The second kappa shape index (κ2) is 12.4. The molecular formula is C27H32N6O5S. The molecule has 1 aromatic heterocycles. The van der Waals surface area contributed by atoms with Crippen LogP contribution in [0, 0.1) is 13.8 Å². The van der Waals surface area contributed by atoms with E-state index < -0.39 is 29.7 Å². The monoisotopic (exact) mass is 552 g/mol. The van der Waals surface area contributed by atoms with Crippen LogP contribution in [0.5, 0.6) is 0 Å². The molecule has 0 radical (unpaired) electrons. The second-order valence-electron chi connectivity index (χ2n) is 9.07. The van der Waals surface area contributed by atoms with Gasteiger partial charge in [0.15, 0.2) is 5.69 Å². The SMILES string of the molecule is CCOC(=O)CNC(=O)[C@@H](c1ccc(N(C)C)cc1)N(C(=O)c1snc(C(N)=O)c1N)c1cc(C)cc(C)c1. The zero-order valence-corrected chi connectivity index (χ0v) is 23.3. The largest absolute Gasteiger partial charge is 0.465 e. The number of carbonyl (C=O) groups is 4. The van der Waals surface area contributed by atoms with Gasteiger partial charge in [-0.15, -0.1) is 0 Å². The maximum Gasteiger partial charge on any atom is 0.325 e. The molecule has 2 aromatic carbocycles. The first-order valence-corrected chi connectivity index (χ1v) is 12.9. The molecule has 0 aliphatic carbocycles. The predicted molar refractivity (Wildman–Crippen MR) is 151 cm³/mol. The number of nitrogens with one attached hydrogen (secondary N) is 1. The van der Waals surface area contributed by atoms with Gasteiger partial charge >= 0.3 is 5.97 Å². The molecule has 0 aliphatic rings. The van der Waals surface area contributed by atoms with Gasteiger partial charge in [0.25, 0.3) is 11.8 Å². The molecule has 12 heteroatoms. The summed E-state index contributed by atoms with van der Waals surface area (Å²) in [6.07, 6.45) is 0. The number of ether oxygens (including phenoxy) is 1. The topological polar surface area (TPSA) is 161 Å². The standard InChI is InChI=1S/C27H32N6O5S/c1-6-38-20(34)14-30-26(36)23(17-7-9-18(10-8-17)32(4)5)33(19-12-15(2)11-16(3)13-19)27(37)24-21(28)22(25(29)35)31-39-24/h7-13,23H,6,14,28H2,1-5H3,(H2,29,35)(H,30,36)/t23-/m1/s1. The lowest BCUT2D eigenvalue weighted by Crippen LogP contribution is -2.45. The summed E-state index contributed by atoms with van der Waals surface area (Å²) in [7, 11) is 3.76. The summed E-state index contributed by atoms with van der Waals surface area (Å²) in [5.41, 5.74) is 14.6. The van der Waals surface area contributed by atoms with Gasteiger partial charge in [0.05, 0.1) is 12.3 Å². The summed E-state index contributed by atoms with van der Waals surface area (Å²) in [5, 5.41) is 2.59. The Labute approximate surface area is 230 Å². The Bertz CT molecular complexity index is 1370. The van der Waals surface area contributed by atoms with Gasteiger partial charge in [-0.2, -0.15) is 4.37 Å². The third-order valence-electron chi connectivity index (χ3n) is 5.80. The molecule has 3 aromatic rings. The maximum atomic E-state index is 14.1. The summed E-state index contributed by atoms with van der Waals surface area (Å²) >= 11 is 0.720. The fraction of sp³-hybridized carbons (Fsp3) is 0.296. The molecule has 11 nitrogen and oxygen atoms in total. The van der Waals surface area contributed by atoms with Crippen molar-refractivity contribution in [2.45, 2.75) is 26.8 Å². The number of hydrogen-bond acceptors (Lipinski definition) is 9. The van der Waals surface area contributed by atoms with E-state index in [1.165, 1.54) is 4.90 Å². The lowest BCUT2D eigenvalue weighted by atomic mass is 10.0. The van der Waals surface area contributed by atoms with Crippen molar-refractivity contribution in [3.05, 3.63) is 69.7 Å². The quantitative estimate of drug-likeness (QED) is 0.323. The van der Waals surface area contributed by atoms with E-state index in [1.54, 1.807) is 31.2 Å². The van der Waals surface area contributed by atoms with Crippen LogP contribution in [0.1, 0.15) is 49.8 Å². The van der Waals surface area contributed by atoms with Crippen LogP contribution in [-0.2, 0) is 14.3 Å². The molecule has 206 valence electrons. The Morgan fingerprint density at radius 1 is 1.03 bits per heavy atom. The lowest BCUT2D eigenvalue weighted by molar-refractivity contribution is -0.143. The van der Waals surface area contributed by atoms with Crippen LogP contribution < -0.4 is 26.6 Å². The van der Waals surface area contributed by atoms with E-state index in [9.17, 15) is 19.2 Å². The Morgan fingerprint density at radius 2 is 1.64 bits per heavy atom. The summed E-state index contributed by atoms with van der Waals surface area (Å²) in [6.45, 7) is 5.17. The average molecular weight is 553 g/mol. The number of esters is 1. The second-order valence-corrected chi connectivity index (χ2v) is 9.84. The molecule has 0 unspecified atom stereocenters. The number of aryl methyl sites for hydroxylation is 2. The number of primary amides is 1. The number of aromatic nitrogens is 1. The molecule has 3 amide bonds. The number of nitrogens with two attached hydrogens (primary N) is 2. The minimum Gasteiger partial charge on any atom is -0.465 e. The number of nitrogens with zero attached hydrogens (tertiary/aromatic N) is 3. The van der Waals surface area contributed by atoms with Crippen LogP contribution in [0.15, 0.2) is 42.5 Å². The number of carbonyl (C=O) groups excluding carboxylic acids is 4. The van der Waals surface area contributed by atoms with Gasteiger partial charge in [-0.05, 0) is 73.3 Å². The van der Waals surface area contributed by atoms with Crippen molar-refractivity contribution in [3.63, 3.8) is 0 Å². The van der Waals surface area contributed by atoms with Crippen molar-refractivity contribution in [2.75, 3.05) is 42.8 Å². The molecule has 0 spiro atoms. The Balaban J connectivity index is 2.21. The molecule has 3 rings (SSSR count). The van der Waals surface area contributed by atoms with E-state index >= 15 is 0 Å². The van der Waals surface area contributed by atoms with E-state index in [0.717, 1.165) is 28.3 Å². The van der Waals surface area contributed by atoms with Gasteiger partial charge in [-0.1, -0.05) is 18.2 Å². The van der Waals surface area contributed by atoms with Gasteiger partial charge in [-0.3, -0.25) is 24.1 Å². The number of rotatable bonds is 10. The molecular weight excluding hydrogens is 520 g/mol. The van der Waals surface area contributed by atoms with Crippen molar-refractivity contribution in [1.82, 2.24) is 9.69 Å². The van der Waals surface area contributed by atoms with Crippen molar-refractivity contribution >= 4 is 52.3 Å². The minimum atomic E-state index is -1.22. The maximum absolute atomic E-state index is 14.1. The summed E-state index contributed by atoms with van der Waals surface area (Å²) in [4.78, 5) is 54.9. The Morgan fingerprint density at radius 3 is 2.15 bits per heavy atom. The van der Waals surface area contributed by atoms with Gasteiger partial charge in [0, 0.05) is 25.5 Å². The molecule has 1 heterocycles. The van der Waals surface area contributed by atoms with E-state index in [0.29, 0.717) is 11.3 Å². The smallest absolute Gasteiger partial charge is 0.325 e. The highest BCUT2D eigenvalue weighted by molar-refractivity contribution is 7.09. The zero-order valence-electron chi connectivity index (χ0n) is 22.5. The minimum absolute atomic E-state index is 0.0453. The molecule has 0 aliphatic heterocycles.